The van der Waals surface area contributed by atoms with E-state index in [0.29, 0.717) is 24.2 Å². The highest BCUT2D eigenvalue weighted by molar-refractivity contribution is 5.84. The molecule has 2 aliphatic carbocycles. The van der Waals surface area contributed by atoms with Crippen molar-refractivity contribution in [2.45, 2.75) is 57.6 Å². The second kappa shape index (κ2) is 7.89. The van der Waals surface area contributed by atoms with Gasteiger partial charge in [0.25, 0.3) is 5.91 Å². The van der Waals surface area contributed by atoms with Gasteiger partial charge in [-0.1, -0.05) is 0 Å². The summed E-state index contributed by atoms with van der Waals surface area (Å²) in [5.41, 5.74) is 2.07. The SMILES string of the molecule is COC(=O)C1CC(NC(=O)C(C)Oc2ccc3c4c(c(=O)oc3c2)CCCC4)C1. The van der Waals surface area contributed by atoms with Crippen LogP contribution in [-0.2, 0) is 27.2 Å². The zero-order valence-corrected chi connectivity index (χ0v) is 16.7. The van der Waals surface area contributed by atoms with Crippen molar-refractivity contribution in [3.63, 3.8) is 0 Å². The predicted octanol–water partition coefficient (Wildman–Crippen LogP) is 2.51. The zero-order chi connectivity index (χ0) is 20.5. The summed E-state index contributed by atoms with van der Waals surface area (Å²) in [7, 11) is 1.37. The molecule has 1 aromatic carbocycles. The number of rotatable bonds is 5. The molecule has 0 radical (unpaired) electrons. The number of hydrogen-bond donors (Lipinski definition) is 1. The van der Waals surface area contributed by atoms with Gasteiger partial charge >= 0.3 is 11.6 Å². The molecule has 0 saturated heterocycles. The molecule has 2 aromatic rings. The Kier molecular flexibility index (Phi) is 5.30. The van der Waals surface area contributed by atoms with Crippen molar-refractivity contribution in [3.8, 4) is 5.75 Å². The van der Waals surface area contributed by atoms with Crippen molar-refractivity contribution in [3.05, 3.63) is 39.7 Å². The first-order valence-electron chi connectivity index (χ1n) is 10.1. The monoisotopic (exact) mass is 399 g/mol. The topological polar surface area (TPSA) is 94.8 Å². The van der Waals surface area contributed by atoms with E-state index >= 15 is 0 Å². The first-order valence-corrected chi connectivity index (χ1v) is 10.1. The van der Waals surface area contributed by atoms with Crippen LogP contribution in [0, 0.1) is 5.92 Å². The van der Waals surface area contributed by atoms with Crippen LogP contribution in [0.3, 0.4) is 0 Å². The van der Waals surface area contributed by atoms with Crippen LogP contribution in [-0.4, -0.2) is 31.1 Å². The van der Waals surface area contributed by atoms with Gasteiger partial charge in [0.15, 0.2) is 6.10 Å². The van der Waals surface area contributed by atoms with E-state index in [1.54, 1.807) is 19.1 Å². The van der Waals surface area contributed by atoms with Crippen molar-refractivity contribution in [2.24, 2.45) is 5.92 Å². The van der Waals surface area contributed by atoms with E-state index < -0.39 is 6.10 Å². The molecule has 1 atom stereocenters. The molecule has 7 nitrogen and oxygen atoms in total. The summed E-state index contributed by atoms with van der Waals surface area (Å²) in [5.74, 6) is -0.152. The van der Waals surface area contributed by atoms with Crippen LogP contribution in [0.15, 0.2) is 27.4 Å². The number of carbonyl (C=O) groups is 2. The Bertz CT molecular complexity index is 1000. The summed E-state index contributed by atoms with van der Waals surface area (Å²) >= 11 is 0. The number of hydrogen-bond acceptors (Lipinski definition) is 6. The molecule has 2 aliphatic rings. The molecule has 154 valence electrons. The average molecular weight is 399 g/mol. The Morgan fingerprint density at radius 3 is 2.62 bits per heavy atom. The molecule has 7 heteroatoms. The minimum absolute atomic E-state index is 0.0428. The lowest BCUT2D eigenvalue weighted by Gasteiger charge is -2.34. The molecule has 4 rings (SSSR count). The number of carbonyl (C=O) groups excluding carboxylic acids is 2. The average Bonchev–Trinajstić information content (AvgIpc) is 2.69. The molecule has 0 spiro atoms. The van der Waals surface area contributed by atoms with E-state index in [2.05, 4.69) is 5.32 Å². The summed E-state index contributed by atoms with van der Waals surface area (Å²) in [6.45, 7) is 1.67. The minimum atomic E-state index is -0.714. The van der Waals surface area contributed by atoms with Gasteiger partial charge in [-0.25, -0.2) is 4.79 Å². The number of methoxy groups -OCH3 is 1. The van der Waals surface area contributed by atoms with Crippen molar-refractivity contribution in [2.75, 3.05) is 7.11 Å². The maximum atomic E-state index is 12.4. The number of aryl methyl sites for hydroxylation is 1. The summed E-state index contributed by atoms with van der Waals surface area (Å²) in [6.07, 6.45) is 4.17. The molecule has 29 heavy (non-hydrogen) atoms. The molecular formula is C22H25NO6. The van der Waals surface area contributed by atoms with E-state index in [-0.39, 0.29) is 29.5 Å². The molecule has 1 amide bonds. The second-order valence-electron chi connectivity index (χ2n) is 7.87. The fourth-order valence-corrected chi connectivity index (χ4v) is 4.17. The molecule has 1 heterocycles. The third-order valence-electron chi connectivity index (χ3n) is 5.90. The van der Waals surface area contributed by atoms with Gasteiger partial charge in [0.2, 0.25) is 0 Å². The maximum absolute atomic E-state index is 12.4. The van der Waals surface area contributed by atoms with Crippen molar-refractivity contribution >= 4 is 22.8 Å². The van der Waals surface area contributed by atoms with Crippen LogP contribution in [0.1, 0.15) is 43.7 Å². The van der Waals surface area contributed by atoms with Crippen molar-refractivity contribution in [1.82, 2.24) is 5.32 Å². The molecule has 1 aromatic heterocycles. The third-order valence-corrected chi connectivity index (χ3v) is 5.90. The lowest BCUT2D eigenvalue weighted by Crippen LogP contribution is -2.50. The standard InChI is InChI=1S/C22H25NO6/c1-12(20(24)23-14-9-13(10-14)21(25)27-2)28-15-7-8-17-16-5-3-4-6-18(16)22(26)29-19(17)11-15/h7-8,11-14H,3-6,9-10H2,1-2H3,(H,23,24). The first-order chi connectivity index (χ1) is 14.0. The van der Waals surface area contributed by atoms with Gasteiger partial charge in [-0.05, 0) is 63.1 Å². The van der Waals surface area contributed by atoms with E-state index in [9.17, 15) is 14.4 Å². The maximum Gasteiger partial charge on any atom is 0.339 e. The Balaban J connectivity index is 1.42. The van der Waals surface area contributed by atoms with Crippen LogP contribution in [0.5, 0.6) is 5.75 Å². The molecule has 1 N–H and O–H groups in total. The molecule has 0 bridgehead atoms. The van der Waals surface area contributed by atoms with E-state index in [1.807, 2.05) is 6.07 Å². The Morgan fingerprint density at radius 2 is 1.90 bits per heavy atom. The summed E-state index contributed by atoms with van der Waals surface area (Å²) in [5, 5.41) is 3.82. The molecule has 1 fully saturated rings. The quantitative estimate of drug-likeness (QED) is 0.613. The molecule has 0 aliphatic heterocycles. The highest BCUT2D eigenvalue weighted by Crippen LogP contribution is 2.30. The molecular weight excluding hydrogens is 374 g/mol. The minimum Gasteiger partial charge on any atom is -0.481 e. The second-order valence-corrected chi connectivity index (χ2v) is 7.87. The Hall–Kier alpha value is -2.83. The Labute approximate surface area is 168 Å². The highest BCUT2D eigenvalue weighted by Gasteiger charge is 2.36. The highest BCUT2D eigenvalue weighted by atomic mass is 16.5. The van der Waals surface area contributed by atoms with Gasteiger partial charge in [0.05, 0.1) is 13.0 Å². The number of nitrogens with one attached hydrogen (secondary N) is 1. The van der Waals surface area contributed by atoms with Crippen LogP contribution in [0.2, 0.25) is 0 Å². The fraction of sp³-hybridized carbons (Fsp3) is 0.500. The summed E-state index contributed by atoms with van der Waals surface area (Å²) in [6, 6.07) is 5.33. The molecule has 1 saturated carbocycles. The van der Waals surface area contributed by atoms with Gasteiger partial charge in [-0.15, -0.1) is 0 Å². The largest absolute Gasteiger partial charge is 0.481 e. The number of amides is 1. The van der Waals surface area contributed by atoms with Crippen molar-refractivity contribution in [1.29, 1.82) is 0 Å². The van der Waals surface area contributed by atoms with E-state index in [1.165, 1.54) is 7.11 Å². The number of esters is 1. The van der Waals surface area contributed by atoms with Gasteiger partial charge in [-0.2, -0.15) is 0 Å². The zero-order valence-electron chi connectivity index (χ0n) is 16.7. The third kappa shape index (κ3) is 3.86. The summed E-state index contributed by atoms with van der Waals surface area (Å²) < 4.78 is 16.0. The normalized spacial score (nSPS) is 21.6. The van der Waals surface area contributed by atoms with Gasteiger partial charge < -0.3 is 19.2 Å². The predicted molar refractivity (Wildman–Crippen MR) is 106 cm³/mol. The Morgan fingerprint density at radius 1 is 1.17 bits per heavy atom. The molecule has 1 unspecified atom stereocenters. The van der Waals surface area contributed by atoms with Crippen LogP contribution >= 0.6 is 0 Å². The van der Waals surface area contributed by atoms with Gasteiger partial charge in [0, 0.05) is 23.1 Å². The first kappa shape index (κ1) is 19.5. The van der Waals surface area contributed by atoms with Crippen molar-refractivity contribution < 1.29 is 23.5 Å². The van der Waals surface area contributed by atoms with Crippen LogP contribution in [0.25, 0.3) is 11.0 Å². The lowest BCUT2D eigenvalue weighted by molar-refractivity contribution is -0.150. The smallest absolute Gasteiger partial charge is 0.339 e. The van der Waals surface area contributed by atoms with Crippen LogP contribution in [0.4, 0.5) is 0 Å². The lowest BCUT2D eigenvalue weighted by atomic mass is 9.80. The van der Waals surface area contributed by atoms with Crippen LogP contribution < -0.4 is 15.7 Å². The fourth-order valence-electron chi connectivity index (χ4n) is 4.17. The number of ether oxygens (including phenoxy) is 2. The summed E-state index contributed by atoms with van der Waals surface area (Å²) in [4.78, 5) is 36.1. The van der Waals surface area contributed by atoms with Gasteiger partial charge in [-0.3, -0.25) is 9.59 Å². The van der Waals surface area contributed by atoms with Gasteiger partial charge in [0.1, 0.15) is 11.3 Å². The van der Waals surface area contributed by atoms with E-state index in [4.69, 9.17) is 13.9 Å². The number of benzene rings is 1. The number of fused-ring (bicyclic) bond motifs is 3. The van der Waals surface area contributed by atoms with E-state index in [0.717, 1.165) is 42.2 Å².